The lowest BCUT2D eigenvalue weighted by atomic mass is 10.1. The summed E-state index contributed by atoms with van der Waals surface area (Å²) in [5.41, 5.74) is -2.21. The van der Waals surface area contributed by atoms with Gasteiger partial charge in [0.1, 0.15) is 0 Å². The largest absolute Gasteiger partial charge is 0.419 e. The van der Waals surface area contributed by atoms with Gasteiger partial charge in [0, 0.05) is 6.66 Å². The zero-order valence-electron chi connectivity index (χ0n) is 9.87. The van der Waals surface area contributed by atoms with Crippen LogP contribution in [0.15, 0.2) is 24.3 Å². The Morgan fingerprint density at radius 2 is 1.75 bits per heavy atom. The van der Waals surface area contributed by atoms with Gasteiger partial charge < -0.3 is 4.89 Å². The van der Waals surface area contributed by atoms with Gasteiger partial charge in [-0.1, -0.05) is 12.1 Å². The molecular weight excluding hydrogens is 313 g/mol. The van der Waals surface area contributed by atoms with Crippen LogP contribution in [-0.4, -0.2) is 17.7 Å². The lowest BCUT2D eigenvalue weighted by Gasteiger charge is -2.23. The first-order chi connectivity index (χ1) is 8.81. The average molecular weight is 322 g/mol. The first-order valence-corrected chi connectivity index (χ1v) is 7.06. The molecule has 1 aromatic carbocycles. The van der Waals surface area contributed by atoms with Crippen LogP contribution in [0.3, 0.4) is 0 Å². The fourth-order valence-corrected chi connectivity index (χ4v) is 2.02. The van der Waals surface area contributed by atoms with E-state index in [2.05, 4.69) is 4.52 Å². The molecule has 0 heterocycles. The number of hydrogen-bond acceptors (Lipinski definition) is 2. The predicted octanol–water partition coefficient (Wildman–Crippen LogP) is 4.14. The average Bonchev–Trinajstić information content (AvgIpc) is 2.22. The lowest BCUT2D eigenvalue weighted by Crippen LogP contribution is -2.23. The lowest BCUT2D eigenvalue weighted by molar-refractivity contribution is -0.199. The summed E-state index contributed by atoms with van der Waals surface area (Å²) in [5.74, 6) is 0. The second kappa shape index (κ2) is 5.38. The summed E-state index contributed by atoms with van der Waals surface area (Å²) in [6.07, 6.45) is -12.9. The van der Waals surface area contributed by atoms with E-state index in [1.165, 1.54) is 0 Å². The maximum atomic E-state index is 12.7. The molecule has 0 aliphatic carbocycles. The molecule has 10 heteroatoms. The number of halogens is 6. The topological polar surface area (TPSA) is 46.5 Å². The maximum absolute atomic E-state index is 12.7. The van der Waals surface area contributed by atoms with E-state index in [1.54, 1.807) is 0 Å². The van der Waals surface area contributed by atoms with Crippen LogP contribution < -0.4 is 0 Å². The Morgan fingerprint density at radius 1 is 1.20 bits per heavy atom. The van der Waals surface area contributed by atoms with E-state index >= 15 is 0 Å². The van der Waals surface area contributed by atoms with Gasteiger partial charge in [0.2, 0.25) is 0 Å². The SMILES string of the molecule is CP(=O)(O)O[C@@H](c1cccc(C(F)(F)F)c1)C(F)(F)F. The molecular formula is C10H9F6O3P. The van der Waals surface area contributed by atoms with Crippen molar-refractivity contribution in [2.45, 2.75) is 18.5 Å². The standard InChI is InChI=1S/C10H9F6O3P/c1-20(17,18)19-8(10(14,15)16)6-3-2-4-7(5-6)9(11,12)13/h2-5,8H,1H3,(H,17,18)/t8-/m0/s1. The van der Waals surface area contributed by atoms with Gasteiger partial charge in [0.25, 0.3) is 0 Å². The molecule has 0 aliphatic heterocycles. The Labute approximate surface area is 109 Å². The Balaban J connectivity index is 3.25. The molecule has 20 heavy (non-hydrogen) atoms. The summed E-state index contributed by atoms with van der Waals surface area (Å²) in [4.78, 5) is 8.85. The molecule has 0 spiro atoms. The van der Waals surface area contributed by atoms with E-state index in [0.717, 1.165) is 12.1 Å². The monoisotopic (exact) mass is 322 g/mol. The van der Waals surface area contributed by atoms with Crippen LogP contribution >= 0.6 is 7.60 Å². The third-order valence-corrected chi connectivity index (χ3v) is 2.72. The smallest absolute Gasteiger partial charge is 0.324 e. The van der Waals surface area contributed by atoms with E-state index in [4.69, 9.17) is 4.89 Å². The zero-order valence-corrected chi connectivity index (χ0v) is 10.8. The van der Waals surface area contributed by atoms with Gasteiger partial charge in [-0.3, -0.25) is 9.09 Å². The van der Waals surface area contributed by atoms with Crippen LogP contribution in [0.5, 0.6) is 0 Å². The third-order valence-electron chi connectivity index (χ3n) is 2.11. The Morgan fingerprint density at radius 3 is 2.15 bits per heavy atom. The van der Waals surface area contributed by atoms with E-state index in [9.17, 15) is 30.9 Å². The molecule has 0 aromatic heterocycles. The molecule has 0 radical (unpaired) electrons. The Bertz CT molecular complexity index is 518. The van der Waals surface area contributed by atoms with Crippen molar-refractivity contribution in [3.05, 3.63) is 35.4 Å². The van der Waals surface area contributed by atoms with Gasteiger partial charge in [-0.05, 0) is 17.7 Å². The van der Waals surface area contributed by atoms with Crippen molar-refractivity contribution in [3.8, 4) is 0 Å². The summed E-state index contributed by atoms with van der Waals surface area (Å²) in [5, 5.41) is 0. The van der Waals surface area contributed by atoms with Crippen molar-refractivity contribution < 1.29 is 40.3 Å². The van der Waals surface area contributed by atoms with Crippen LogP contribution in [0.25, 0.3) is 0 Å². The van der Waals surface area contributed by atoms with Crippen molar-refractivity contribution in [2.24, 2.45) is 0 Å². The zero-order chi connectivity index (χ0) is 15.8. The van der Waals surface area contributed by atoms with Crippen LogP contribution in [0.1, 0.15) is 17.2 Å². The van der Waals surface area contributed by atoms with E-state index in [1.807, 2.05) is 0 Å². The minimum absolute atomic E-state index is 0.230. The normalized spacial score (nSPS) is 17.6. The highest BCUT2D eigenvalue weighted by atomic mass is 31.2. The second-order valence-electron chi connectivity index (χ2n) is 3.95. The third kappa shape index (κ3) is 4.81. The van der Waals surface area contributed by atoms with Gasteiger partial charge in [-0.15, -0.1) is 0 Å². The Kier molecular flexibility index (Phi) is 4.58. The first-order valence-electron chi connectivity index (χ1n) is 5.03. The summed E-state index contributed by atoms with van der Waals surface area (Å²) in [7, 11) is -4.54. The molecule has 114 valence electrons. The molecule has 0 fully saturated rings. The van der Waals surface area contributed by atoms with Gasteiger partial charge in [-0.2, -0.15) is 26.3 Å². The van der Waals surface area contributed by atoms with Crippen LogP contribution in [0.4, 0.5) is 26.3 Å². The molecule has 1 unspecified atom stereocenters. The quantitative estimate of drug-likeness (QED) is 0.672. The fraction of sp³-hybridized carbons (Fsp3) is 0.400. The number of hydrogen-bond donors (Lipinski definition) is 1. The minimum Gasteiger partial charge on any atom is -0.324 e. The molecule has 0 amide bonds. The number of benzene rings is 1. The maximum Gasteiger partial charge on any atom is 0.419 e. The summed E-state index contributed by atoms with van der Waals surface area (Å²) < 4.78 is 90.4. The number of alkyl halides is 6. The summed E-state index contributed by atoms with van der Waals surface area (Å²) in [6.45, 7) is 0.513. The highest BCUT2D eigenvalue weighted by Crippen LogP contribution is 2.49. The molecule has 1 aromatic rings. The molecule has 0 aliphatic rings. The molecule has 1 N–H and O–H groups in total. The minimum atomic E-state index is -5.13. The van der Waals surface area contributed by atoms with Crippen molar-refractivity contribution in [2.75, 3.05) is 6.66 Å². The molecule has 3 nitrogen and oxygen atoms in total. The van der Waals surface area contributed by atoms with Gasteiger partial charge in [0.05, 0.1) is 5.56 Å². The number of rotatable bonds is 3. The van der Waals surface area contributed by atoms with Crippen molar-refractivity contribution >= 4 is 7.60 Å². The molecule has 0 saturated carbocycles. The van der Waals surface area contributed by atoms with Crippen LogP contribution in [0, 0.1) is 0 Å². The summed E-state index contributed by atoms with van der Waals surface area (Å²) >= 11 is 0. The van der Waals surface area contributed by atoms with Crippen molar-refractivity contribution in [1.29, 1.82) is 0 Å². The van der Waals surface area contributed by atoms with E-state index in [0.29, 0.717) is 12.7 Å². The van der Waals surface area contributed by atoms with Gasteiger partial charge in [0.15, 0.2) is 6.10 Å². The Hall–Kier alpha value is -1.05. The van der Waals surface area contributed by atoms with Gasteiger partial charge >= 0.3 is 19.9 Å². The van der Waals surface area contributed by atoms with Gasteiger partial charge in [-0.25, -0.2) is 0 Å². The van der Waals surface area contributed by atoms with E-state index < -0.39 is 37.2 Å². The summed E-state index contributed by atoms with van der Waals surface area (Å²) in [6, 6.07) is 2.32. The molecule has 1 rings (SSSR count). The van der Waals surface area contributed by atoms with Crippen LogP contribution in [-0.2, 0) is 15.3 Å². The van der Waals surface area contributed by atoms with Crippen LogP contribution in [0.2, 0.25) is 0 Å². The first kappa shape index (κ1) is 17.0. The predicted molar refractivity (Wildman–Crippen MR) is 57.1 cm³/mol. The highest BCUT2D eigenvalue weighted by molar-refractivity contribution is 7.51. The van der Waals surface area contributed by atoms with Crippen molar-refractivity contribution in [3.63, 3.8) is 0 Å². The second-order valence-corrected chi connectivity index (χ2v) is 5.77. The highest BCUT2D eigenvalue weighted by Gasteiger charge is 2.45. The molecule has 0 saturated heterocycles. The molecule has 2 atom stereocenters. The van der Waals surface area contributed by atoms with Crippen molar-refractivity contribution in [1.82, 2.24) is 0 Å². The molecule has 0 bridgehead atoms. The fourth-order valence-electron chi connectivity index (χ4n) is 1.38. The van der Waals surface area contributed by atoms with E-state index in [-0.39, 0.29) is 6.07 Å².